The highest BCUT2D eigenvalue weighted by atomic mass is 16.5. The molecule has 0 atom stereocenters. The van der Waals surface area contributed by atoms with Crippen molar-refractivity contribution < 1.29 is 14.2 Å². The smallest absolute Gasteiger partial charge is 0.229 e. The summed E-state index contributed by atoms with van der Waals surface area (Å²) in [5.74, 6) is 4.22. The molecule has 0 radical (unpaired) electrons. The van der Waals surface area contributed by atoms with Crippen LogP contribution in [-0.2, 0) is 18.6 Å². The maximum absolute atomic E-state index is 6.50. The van der Waals surface area contributed by atoms with Gasteiger partial charge in [0.15, 0.2) is 5.82 Å². The van der Waals surface area contributed by atoms with E-state index in [4.69, 9.17) is 39.9 Å². The van der Waals surface area contributed by atoms with Crippen LogP contribution in [0.4, 0.5) is 17.5 Å². The first-order chi connectivity index (χ1) is 21.6. The molecule has 45 heavy (non-hydrogen) atoms. The first kappa shape index (κ1) is 31.1. The van der Waals surface area contributed by atoms with Crippen LogP contribution in [0.1, 0.15) is 36.4 Å². The van der Waals surface area contributed by atoms with Gasteiger partial charge >= 0.3 is 0 Å². The van der Waals surface area contributed by atoms with E-state index < -0.39 is 5.54 Å². The zero-order chi connectivity index (χ0) is 32.0. The molecule has 0 aliphatic carbocycles. The van der Waals surface area contributed by atoms with Crippen molar-refractivity contribution in [3.63, 3.8) is 0 Å². The number of nitrogens with two attached hydrogens (primary N) is 1. The molecule has 11 nitrogen and oxygen atoms in total. The third-order valence-corrected chi connectivity index (χ3v) is 7.16. The molecule has 0 aliphatic rings. The summed E-state index contributed by atoms with van der Waals surface area (Å²) in [4.78, 5) is 25.7. The lowest BCUT2D eigenvalue weighted by molar-refractivity contribution is 0.398. The highest BCUT2D eigenvalue weighted by Crippen LogP contribution is 2.32. The molecule has 0 spiro atoms. The van der Waals surface area contributed by atoms with Gasteiger partial charge in [0.2, 0.25) is 11.8 Å². The van der Waals surface area contributed by atoms with Crippen molar-refractivity contribution in [3.05, 3.63) is 102 Å². The van der Waals surface area contributed by atoms with Gasteiger partial charge in [0, 0.05) is 30.9 Å². The number of rotatable bonds is 12. The summed E-state index contributed by atoms with van der Waals surface area (Å²) in [7, 11) is 4.89. The van der Waals surface area contributed by atoms with Crippen molar-refractivity contribution in [1.29, 1.82) is 0 Å². The molecule has 11 heteroatoms. The third kappa shape index (κ3) is 7.81. The maximum atomic E-state index is 6.50. The first-order valence-electron chi connectivity index (χ1n) is 14.5. The van der Waals surface area contributed by atoms with Gasteiger partial charge in [-0.2, -0.15) is 9.97 Å². The monoisotopic (exact) mass is 606 g/mol. The first-order valence-corrected chi connectivity index (χ1v) is 14.5. The van der Waals surface area contributed by atoms with E-state index in [9.17, 15) is 0 Å². The fourth-order valence-corrected chi connectivity index (χ4v) is 4.63. The van der Waals surface area contributed by atoms with Gasteiger partial charge in [-0.05, 0) is 73.9 Å². The maximum Gasteiger partial charge on any atom is 0.229 e. The lowest BCUT2D eigenvalue weighted by Gasteiger charge is -2.24. The Kier molecular flexibility index (Phi) is 9.39. The van der Waals surface area contributed by atoms with Crippen molar-refractivity contribution in [1.82, 2.24) is 24.9 Å². The zero-order valence-electron chi connectivity index (χ0n) is 26.4. The summed E-state index contributed by atoms with van der Waals surface area (Å²) in [5.41, 5.74) is 10.3. The summed E-state index contributed by atoms with van der Waals surface area (Å²) in [6, 6.07) is 21.6. The number of aryl methyl sites for hydroxylation is 1. The number of anilines is 3. The van der Waals surface area contributed by atoms with Crippen LogP contribution in [0.15, 0.2) is 79.1 Å². The molecule has 0 fully saturated rings. The van der Waals surface area contributed by atoms with E-state index in [1.165, 1.54) is 0 Å². The van der Waals surface area contributed by atoms with Crippen LogP contribution < -0.4 is 30.2 Å². The van der Waals surface area contributed by atoms with Crippen LogP contribution in [0.3, 0.4) is 0 Å². The topological polar surface area (TPSA) is 133 Å². The Hall–Kier alpha value is -5.29. The Bertz CT molecular complexity index is 1670. The van der Waals surface area contributed by atoms with Crippen LogP contribution in [-0.4, -0.2) is 46.2 Å². The van der Waals surface area contributed by atoms with Gasteiger partial charge in [-0.1, -0.05) is 24.3 Å². The number of benzene rings is 2. The van der Waals surface area contributed by atoms with E-state index >= 15 is 0 Å². The third-order valence-electron chi connectivity index (χ3n) is 7.16. The van der Waals surface area contributed by atoms with Gasteiger partial charge in [0.05, 0.1) is 38.8 Å². The van der Waals surface area contributed by atoms with Crippen molar-refractivity contribution in [2.75, 3.05) is 31.5 Å². The molecule has 0 saturated carbocycles. The van der Waals surface area contributed by atoms with Gasteiger partial charge in [0.1, 0.15) is 23.1 Å². The second-order valence-electron chi connectivity index (χ2n) is 11.1. The number of aromatic nitrogens is 5. The Labute approximate surface area is 263 Å². The second kappa shape index (κ2) is 13.6. The standard InChI is InChI=1S/C34H38N8O3/c1-22-38-32(29-17-25(34(2,3)35)18-37-31(29)40-26-11-16-30(45-6)36-19-26)41-33(39-22)42(20-23-7-12-27(43-4)13-8-23)21-24-9-14-28(44-5)15-10-24/h7-19H,20-21,35H2,1-6H3,(H,37,40). The molecule has 3 aromatic heterocycles. The number of nitrogens with one attached hydrogen (secondary N) is 1. The minimum Gasteiger partial charge on any atom is -0.497 e. The molecule has 5 aromatic rings. The van der Waals surface area contributed by atoms with E-state index in [-0.39, 0.29) is 0 Å². The molecule has 232 valence electrons. The van der Waals surface area contributed by atoms with Crippen molar-refractivity contribution >= 4 is 17.5 Å². The predicted molar refractivity (Wildman–Crippen MR) is 175 cm³/mol. The highest BCUT2D eigenvalue weighted by Gasteiger charge is 2.22. The minimum atomic E-state index is -0.637. The van der Waals surface area contributed by atoms with E-state index in [1.807, 2.05) is 81.4 Å². The average Bonchev–Trinajstić information content (AvgIpc) is 3.05. The second-order valence-corrected chi connectivity index (χ2v) is 11.1. The molecule has 5 rings (SSSR count). The molecule has 0 saturated heterocycles. The average molecular weight is 607 g/mol. The van der Waals surface area contributed by atoms with E-state index in [2.05, 4.69) is 15.2 Å². The predicted octanol–water partition coefficient (Wildman–Crippen LogP) is 5.81. The van der Waals surface area contributed by atoms with E-state index in [0.717, 1.165) is 33.9 Å². The Morgan fingerprint density at radius 1 is 0.756 bits per heavy atom. The summed E-state index contributed by atoms with van der Waals surface area (Å²) in [6.45, 7) is 6.83. The Balaban J connectivity index is 1.58. The van der Waals surface area contributed by atoms with Gasteiger partial charge in [-0.3, -0.25) is 0 Å². The van der Waals surface area contributed by atoms with Crippen molar-refractivity contribution in [2.45, 2.75) is 39.4 Å². The molecule has 0 unspecified atom stereocenters. The molecule has 3 heterocycles. The summed E-state index contributed by atoms with van der Waals surface area (Å²) >= 11 is 0. The number of ether oxygens (including phenoxy) is 3. The van der Waals surface area contributed by atoms with Gasteiger partial charge in [0.25, 0.3) is 0 Å². The number of hydrogen-bond donors (Lipinski definition) is 2. The fraction of sp³-hybridized carbons (Fsp3) is 0.265. The van der Waals surface area contributed by atoms with Gasteiger partial charge in [-0.25, -0.2) is 15.0 Å². The van der Waals surface area contributed by atoms with Crippen LogP contribution in [0.2, 0.25) is 0 Å². The summed E-state index contributed by atoms with van der Waals surface area (Å²) in [6.07, 6.45) is 3.44. The molecular weight excluding hydrogens is 568 g/mol. The Morgan fingerprint density at radius 3 is 1.89 bits per heavy atom. The van der Waals surface area contributed by atoms with Crippen molar-refractivity contribution in [2.24, 2.45) is 5.73 Å². The van der Waals surface area contributed by atoms with Gasteiger partial charge in [-0.15, -0.1) is 0 Å². The van der Waals surface area contributed by atoms with Crippen LogP contribution in [0.25, 0.3) is 11.4 Å². The van der Waals surface area contributed by atoms with E-state index in [0.29, 0.717) is 47.9 Å². The number of nitrogens with zero attached hydrogens (tertiary/aromatic N) is 6. The highest BCUT2D eigenvalue weighted by molar-refractivity contribution is 5.75. The zero-order valence-corrected chi connectivity index (χ0v) is 26.4. The van der Waals surface area contributed by atoms with Crippen molar-refractivity contribution in [3.8, 4) is 28.8 Å². The minimum absolute atomic E-state index is 0.467. The molecule has 2 aromatic carbocycles. The summed E-state index contributed by atoms with van der Waals surface area (Å²) < 4.78 is 15.9. The number of pyridine rings is 2. The van der Waals surface area contributed by atoms with Crippen LogP contribution >= 0.6 is 0 Å². The van der Waals surface area contributed by atoms with E-state index in [1.54, 1.807) is 39.8 Å². The van der Waals surface area contributed by atoms with Crippen LogP contribution in [0, 0.1) is 6.92 Å². The molecule has 0 amide bonds. The normalized spacial score (nSPS) is 11.2. The summed E-state index contributed by atoms with van der Waals surface area (Å²) in [5, 5.41) is 3.36. The fourth-order valence-electron chi connectivity index (χ4n) is 4.63. The molecule has 3 N–H and O–H groups in total. The quantitative estimate of drug-likeness (QED) is 0.178. The number of methoxy groups -OCH3 is 3. The molecule has 0 aliphatic heterocycles. The van der Waals surface area contributed by atoms with Crippen LogP contribution in [0.5, 0.6) is 17.4 Å². The largest absolute Gasteiger partial charge is 0.497 e. The SMILES string of the molecule is COc1ccc(CN(Cc2ccc(OC)cc2)c2nc(C)nc(-c3cc(C(C)(C)N)cnc3Nc3ccc(OC)nc3)n2)cc1. The molecular formula is C34H38N8O3. The van der Waals surface area contributed by atoms with Gasteiger partial charge < -0.3 is 30.2 Å². The lowest BCUT2D eigenvalue weighted by Crippen LogP contribution is -2.29. The lowest BCUT2D eigenvalue weighted by atomic mass is 9.96. The Morgan fingerprint density at radius 2 is 1.38 bits per heavy atom. The molecule has 0 bridgehead atoms. The number of hydrogen-bond acceptors (Lipinski definition) is 11.